The Morgan fingerprint density at radius 3 is 2.34 bits per heavy atom. The second-order valence-electron chi connectivity index (χ2n) is 9.44. The van der Waals surface area contributed by atoms with Crippen molar-refractivity contribution in [2.45, 2.75) is 56.2 Å². The normalized spacial score (nSPS) is 17.0. The molecule has 192 valence electrons. The summed E-state index contributed by atoms with van der Waals surface area (Å²) in [6.07, 6.45) is 1.70. The molecule has 0 bridgehead atoms. The first-order valence-electron chi connectivity index (χ1n) is 11.5. The van der Waals surface area contributed by atoms with Crippen LogP contribution in [-0.2, 0) is 19.6 Å². The van der Waals surface area contributed by atoms with E-state index in [0.29, 0.717) is 29.4 Å². The first-order valence-corrected chi connectivity index (χ1v) is 13.0. The van der Waals surface area contributed by atoms with E-state index < -0.39 is 21.6 Å². The molecule has 9 nitrogen and oxygen atoms in total. The molecule has 1 fully saturated rings. The number of benzene rings is 2. The van der Waals surface area contributed by atoms with Crippen molar-refractivity contribution < 1.29 is 27.4 Å². The standard InChI is InChI=1S/C25H35N3O6S/c1-25(2,3)28-24(29)23(17-8-13-21(32-4)22(15-17)33-5)27-18-9-11-20(12-10-18)35(30,31)26-16-19-7-6-14-34-19/h8-13,15,19,23,26-27H,6-7,14,16H2,1-5H3,(H,28,29)/t19-,23+/m1/s1. The zero-order chi connectivity index (χ0) is 25.6. The Labute approximate surface area is 207 Å². The molecule has 2 aromatic rings. The number of carbonyl (C=O) groups excluding carboxylic acids is 1. The second kappa shape index (κ2) is 11.3. The number of rotatable bonds is 10. The zero-order valence-electron chi connectivity index (χ0n) is 20.9. The van der Waals surface area contributed by atoms with E-state index in [1.165, 1.54) is 19.2 Å². The van der Waals surface area contributed by atoms with Crippen molar-refractivity contribution in [1.29, 1.82) is 0 Å². The van der Waals surface area contributed by atoms with E-state index in [4.69, 9.17) is 14.2 Å². The molecule has 1 saturated heterocycles. The minimum Gasteiger partial charge on any atom is -0.493 e. The average molecular weight is 506 g/mol. The van der Waals surface area contributed by atoms with Gasteiger partial charge in [0.1, 0.15) is 6.04 Å². The highest BCUT2D eigenvalue weighted by atomic mass is 32.2. The Morgan fingerprint density at radius 1 is 1.09 bits per heavy atom. The molecule has 0 saturated carbocycles. The van der Waals surface area contributed by atoms with E-state index >= 15 is 0 Å². The molecule has 2 aromatic carbocycles. The fourth-order valence-corrected chi connectivity index (χ4v) is 4.83. The van der Waals surface area contributed by atoms with Crippen LogP contribution in [0.25, 0.3) is 0 Å². The Hall–Kier alpha value is -2.82. The number of hydrogen-bond donors (Lipinski definition) is 3. The second-order valence-corrected chi connectivity index (χ2v) is 11.2. The Bertz CT molecular complexity index is 1110. The van der Waals surface area contributed by atoms with Crippen molar-refractivity contribution in [3.63, 3.8) is 0 Å². The van der Waals surface area contributed by atoms with E-state index in [-0.39, 0.29) is 23.5 Å². The van der Waals surface area contributed by atoms with Crippen molar-refractivity contribution >= 4 is 21.6 Å². The topological polar surface area (TPSA) is 115 Å². The number of anilines is 1. The van der Waals surface area contributed by atoms with Crippen LogP contribution >= 0.6 is 0 Å². The quantitative estimate of drug-likeness (QED) is 0.454. The fraction of sp³-hybridized carbons (Fsp3) is 0.480. The molecule has 2 atom stereocenters. The number of sulfonamides is 1. The lowest BCUT2D eigenvalue weighted by molar-refractivity contribution is -0.123. The molecule has 3 rings (SSSR count). The predicted octanol–water partition coefficient (Wildman–Crippen LogP) is 3.23. The molecular weight excluding hydrogens is 470 g/mol. The summed E-state index contributed by atoms with van der Waals surface area (Å²) in [6, 6.07) is 10.8. The van der Waals surface area contributed by atoms with Gasteiger partial charge in [-0.1, -0.05) is 6.07 Å². The highest BCUT2D eigenvalue weighted by Gasteiger charge is 2.26. The summed E-state index contributed by atoms with van der Waals surface area (Å²) in [5, 5.41) is 6.21. The van der Waals surface area contributed by atoms with Gasteiger partial charge in [0.25, 0.3) is 0 Å². The van der Waals surface area contributed by atoms with E-state index in [1.54, 1.807) is 37.4 Å². The molecule has 0 aromatic heterocycles. The van der Waals surface area contributed by atoms with Crippen LogP contribution in [0, 0.1) is 0 Å². The van der Waals surface area contributed by atoms with Crippen molar-refractivity contribution in [2.24, 2.45) is 0 Å². The largest absolute Gasteiger partial charge is 0.493 e. The van der Waals surface area contributed by atoms with Crippen LogP contribution in [-0.4, -0.2) is 53.3 Å². The SMILES string of the molecule is COc1ccc([C@H](Nc2ccc(S(=O)(=O)NC[C@H]3CCCO3)cc2)C(=O)NC(C)(C)C)cc1OC. The van der Waals surface area contributed by atoms with Gasteiger partial charge in [-0.25, -0.2) is 13.1 Å². The minimum absolute atomic E-state index is 0.0886. The zero-order valence-corrected chi connectivity index (χ0v) is 21.7. The smallest absolute Gasteiger partial charge is 0.247 e. The van der Waals surface area contributed by atoms with E-state index in [0.717, 1.165) is 12.8 Å². The molecule has 0 unspecified atom stereocenters. The van der Waals surface area contributed by atoms with E-state index in [9.17, 15) is 13.2 Å². The van der Waals surface area contributed by atoms with Crippen LogP contribution in [0.15, 0.2) is 47.4 Å². The number of methoxy groups -OCH3 is 2. The van der Waals surface area contributed by atoms with E-state index in [2.05, 4.69) is 15.4 Å². The lowest BCUT2D eigenvalue weighted by Gasteiger charge is -2.27. The molecule has 0 radical (unpaired) electrons. The van der Waals surface area contributed by atoms with Gasteiger partial charge in [0.15, 0.2) is 11.5 Å². The number of carbonyl (C=O) groups is 1. The molecular formula is C25H35N3O6S. The molecule has 35 heavy (non-hydrogen) atoms. The molecule has 1 heterocycles. The summed E-state index contributed by atoms with van der Waals surface area (Å²) in [6.45, 7) is 6.62. The molecule has 0 aliphatic carbocycles. The maximum atomic E-state index is 13.2. The summed E-state index contributed by atoms with van der Waals surface area (Å²) in [5.74, 6) is 0.815. The number of ether oxygens (including phenoxy) is 3. The average Bonchev–Trinajstić information content (AvgIpc) is 3.34. The van der Waals surface area contributed by atoms with Gasteiger partial charge in [-0.3, -0.25) is 4.79 Å². The minimum atomic E-state index is -3.67. The highest BCUT2D eigenvalue weighted by Crippen LogP contribution is 2.32. The van der Waals surface area contributed by atoms with Crippen LogP contribution in [0.3, 0.4) is 0 Å². The van der Waals surface area contributed by atoms with Gasteiger partial charge in [-0.15, -0.1) is 0 Å². The molecule has 1 aliphatic heterocycles. The van der Waals surface area contributed by atoms with Crippen molar-refractivity contribution in [3.05, 3.63) is 48.0 Å². The lowest BCUT2D eigenvalue weighted by atomic mass is 10.0. The third-order valence-electron chi connectivity index (χ3n) is 5.50. The number of hydrogen-bond acceptors (Lipinski definition) is 7. The number of nitrogens with one attached hydrogen (secondary N) is 3. The van der Waals surface area contributed by atoms with Crippen molar-refractivity contribution in [1.82, 2.24) is 10.0 Å². The van der Waals surface area contributed by atoms with Gasteiger partial charge >= 0.3 is 0 Å². The highest BCUT2D eigenvalue weighted by molar-refractivity contribution is 7.89. The van der Waals surface area contributed by atoms with Gasteiger partial charge in [-0.2, -0.15) is 0 Å². The first kappa shape index (κ1) is 26.8. The van der Waals surface area contributed by atoms with Crippen LogP contribution in [0.4, 0.5) is 5.69 Å². The van der Waals surface area contributed by atoms with Gasteiger partial charge in [0.05, 0.1) is 25.2 Å². The third kappa shape index (κ3) is 7.33. The van der Waals surface area contributed by atoms with Crippen molar-refractivity contribution in [2.75, 3.05) is 32.7 Å². The maximum Gasteiger partial charge on any atom is 0.247 e. The molecule has 3 N–H and O–H groups in total. The first-order chi connectivity index (χ1) is 16.5. The monoisotopic (exact) mass is 505 g/mol. The Balaban J connectivity index is 1.81. The maximum absolute atomic E-state index is 13.2. The summed E-state index contributed by atoms with van der Waals surface area (Å²) in [7, 11) is -0.590. The van der Waals surface area contributed by atoms with E-state index in [1.807, 2.05) is 20.8 Å². The van der Waals surface area contributed by atoms with Gasteiger partial charge in [0.2, 0.25) is 15.9 Å². The van der Waals surface area contributed by atoms with Crippen LogP contribution in [0.2, 0.25) is 0 Å². The van der Waals surface area contributed by atoms with Gasteiger partial charge in [0, 0.05) is 24.4 Å². The molecule has 1 aliphatic rings. The summed E-state index contributed by atoms with van der Waals surface area (Å²) in [4.78, 5) is 13.3. The third-order valence-corrected chi connectivity index (χ3v) is 6.94. The lowest BCUT2D eigenvalue weighted by Crippen LogP contribution is -2.44. The summed E-state index contributed by atoms with van der Waals surface area (Å²) < 4.78 is 44.1. The fourth-order valence-electron chi connectivity index (χ4n) is 3.76. The van der Waals surface area contributed by atoms with Crippen LogP contribution < -0.4 is 24.8 Å². The predicted molar refractivity (Wildman–Crippen MR) is 134 cm³/mol. The summed E-state index contributed by atoms with van der Waals surface area (Å²) >= 11 is 0. The Morgan fingerprint density at radius 2 is 1.77 bits per heavy atom. The van der Waals surface area contributed by atoms with Gasteiger partial charge < -0.3 is 24.8 Å². The number of amides is 1. The van der Waals surface area contributed by atoms with Crippen LogP contribution in [0.5, 0.6) is 11.5 Å². The Kier molecular flexibility index (Phi) is 8.63. The summed E-state index contributed by atoms with van der Waals surface area (Å²) in [5.41, 5.74) is 0.812. The van der Waals surface area contributed by atoms with Crippen LogP contribution in [0.1, 0.15) is 45.2 Å². The van der Waals surface area contributed by atoms with Crippen molar-refractivity contribution in [3.8, 4) is 11.5 Å². The molecule has 1 amide bonds. The molecule has 10 heteroatoms. The molecule has 0 spiro atoms. The van der Waals surface area contributed by atoms with Gasteiger partial charge in [-0.05, 0) is 75.6 Å².